The van der Waals surface area contributed by atoms with Crippen LogP contribution in [-0.2, 0) is 20.6 Å². The van der Waals surface area contributed by atoms with Gasteiger partial charge in [-0.1, -0.05) is 0 Å². The Morgan fingerprint density at radius 3 is 2.06 bits per heavy atom. The number of rotatable bonds is 3. The van der Waals surface area contributed by atoms with E-state index in [9.17, 15) is 24.4 Å². The van der Waals surface area contributed by atoms with Crippen LogP contribution in [0.15, 0.2) is 0 Å². The van der Waals surface area contributed by atoms with Gasteiger partial charge in [0.2, 0.25) is 0 Å². The minimum absolute atomic E-state index is 0.0521. The highest BCUT2D eigenvalue weighted by molar-refractivity contribution is 7.19. The van der Waals surface area contributed by atoms with Crippen LogP contribution in [0, 0.1) is 17.2 Å². The highest BCUT2D eigenvalue weighted by atomic mass is 32.1. The lowest BCUT2D eigenvalue weighted by Gasteiger charge is -2.28. The second-order valence-electron chi connectivity index (χ2n) is 9.19. The molecule has 1 aromatic heterocycles. The highest BCUT2D eigenvalue weighted by Gasteiger charge is 2.42. The van der Waals surface area contributed by atoms with Gasteiger partial charge in [0.1, 0.15) is 22.1 Å². The normalized spacial score (nSPS) is 15.9. The van der Waals surface area contributed by atoms with Crippen molar-refractivity contribution in [1.29, 1.82) is 5.26 Å². The molecule has 1 aliphatic rings. The predicted molar refractivity (Wildman–Crippen MR) is 117 cm³/mol. The van der Waals surface area contributed by atoms with Crippen molar-refractivity contribution < 1.29 is 33.4 Å². The first-order valence-corrected chi connectivity index (χ1v) is 11.0. The number of ketones is 1. The molecule has 0 radical (unpaired) electrons. The summed E-state index contributed by atoms with van der Waals surface area (Å²) in [5, 5.41) is 9.16. The number of Topliss-reactive ketones (excluding diaryl/α,β-unsaturated/α-hetero) is 1. The number of thiophene rings is 1. The fourth-order valence-corrected chi connectivity index (χ4v) is 4.33. The Balaban J connectivity index is 2.72. The van der Waals surface area contributed by atoms with E-state index >= 15 is 0 Å². The van der Waals surface area contributed by atoms with E-state index in [1.807, 2.05) is 6.07 Å². The van der Waals surface area contributed by atoms with Crippen molar-refractivity contribution in [2.75, 3.05) is 11.5 Å². The van der Waals surface area contributed by atoms with E-state index in [2.05, 4.69) is 0 Å². The molecule has 0 N–H and O–H groups in total. The van der Waals surface area contributed by atoms with Crippen molar-refractivity contribution in [3.8, 4) is 6.07 Å². The van der Waals surface area contributed by atoms with E-state index in [0.29, 0.717) is 10.5 Å². The second-order valence-corrected chi connectivity index (χ2v) is 10.2. The lowest BCUT2D eigenvalue weighted by atomic mass is 9.87. The Labute approximate surface area is 191 Å². The molecule has 0 fully saturated rings. The largest absolute Gasteiger partial charge is 0.462 e. The summed E-state index contributed by atoms with van der Waals surface area (Å²) in [6.07, 6.45) is -1.63. The van der Waals surface area contributed by atoms with E-state index in [-0.39, 0.29) is 34.9 Å². The van der Waals surface area contributed by atoms with E-state index in [4.69, 9.17) is 14.2 Å². The molecule has 2 amide bonds. The van der Waals surface area contributed by atoms with Crippen molar-refractivity contribution in [2.45, 2.75) is 72.5 Å². The Kier molecular flexibility index (Phi) is 7.35. The van der Waals surface area contributed by atoms with Crippen LogP contribution in [0.1, 0.15) is 80.5 Å². The van der Waals surface area contributed by atoms with Crippen molar-refractivity contribution in [1.82, 2.24) is 0 Å². The third-order valence-corrected chi connectivity index (χ3v) is 5.43. The summed E-state index contributed by atoms with van der Waals surface area (Å²) >= 11 is 0.783. The maximum Gasteiger partial charge on any atom is 0.425 e. The van der Waals surface area contributed by atoms with E-state index < -0.39 is 41.1 Å². The quantitative estimate of drug-likeness (QED) is 0.458. The molecular formula is C22H28N2O7S. The SMILES string of the molecule is CCOC(=O)c1c(N(C(=O)OC(C)(C)C)C(=O)OC(C)(C)C)sc2c1CCC(C#N)C2=O. The molecule has 0 saturated carbocycles. The van der Waals surface area contributed by atoms with E-state index in [0.717, 1.165) is 11.3 Å². The third kappa shape index (κ3) is 5.65. The van der Waals surface area contributed by atoms with Gasteiger partial charge in [-0.15, -0.1) is 11.3 Å². The molecule has 0 aromatic carbocycles. The Hall–Kier alpha value is -2.93. The number of carbonyl (C=O) groups excluding carboxylic acids is 4. The number of nitrogens with zero attached hydrogens (tertiary/aromatic N) is 2. The number of carbonyl (C=O) groups is 4. The zero-order chi connectivity index (χ0) is 24.4. The average molecular weight is 465 g/mol. The molecule has 0 saturated heterocycles. The predicted octanol–water partition coefficient (Wildman–Crippen LogP) is 4.87. The monoisotopic (exact) mass is 464 g/mol. The molecule has 2 rings (SSSR count). The van der Waals surface area contributed by atoms with E-state index in [1.165, 1.54) is 0 Å². The van der Waals surface area contributed by atoms with Crippen LogP contribution in [0.4, 0.5) is 14.6 Å². The molecule has 9 nitrogen and oxygen atoms in total. The van der Waals surface area contributed by atoms with Crippen molar-refractivity contribution in [3.63, 3.8) is 0 Å². The number of anilines is 1. The number of fused-ring (bicyclic) bond motifs is 1. The molecule has 1 aromatic rings. The van der Waals surface area contributed by atoms with Crippen molar-refractivity contribution >= 4 is 40.3 Å². The first-order chi connectivity index (χ1) is 14.7. The lowest BCUT2D eigenvalue weighted by Crippen LogP contribution is -2.44. The molecule has 174 valence electrons. The molecule has 1 atom stereocenters. The van der Waals surface area contributed by atoms with Gasteiger partial charge in [-0.25, -0.2) is 14.4 Å². The summed E-state index contributed by atoms with van der Waals surface area (Å²) in [4.78, 5) is 52.5. The number of nitriles is 1. The summed E-state index contributed by atoms with van der Waals surface area (Å²) in [5.74, 6) is -2.09. The number of amides is 2. The molecule has 0 bridgehead atoms. The number of hydrogen-bond donors (Lipinski definition) is 0. The topological polar surface area (TPSA) is 123 Å². The van der Waals surface area contributed by atoms with Crippen molar-refractivity contribution in [2.24, 2.45) is 5.92 Å². The second kappa shape index (κ2) is 9.28. The maximum absolute atomic E-state index is 13.1. The van der Waals surface area contributed by atoms with Crippen LogP contribution in [0.2, 0.25) is 0 Å². The van der Waals surface area contributed by atoms with Gasteiger partial charge in [-0.05, 0) is 66.9 Å². The maximum atomic E-state index is 13.1. The van der Waals surface area contributed by atoms with Gasteiger partial charge in [0.25, 0.3) is 0 Å². The number of ether oxygens (including phenoxy) is 3. The first kappa shape index (κ1) is 25.3. The number of esters is 1. The summed E-state index contributed by atoms with van der Waals surface area (Å²) < 4.78 is 15.9. The molecule has 10 heteroatoms. The molecule has 1 aliphatic carbocycles. The van der Waals surface area contributed by atoms with Crippen LogP contribution in [-0.4, -0.2) is 41.7 Å². The Morgan fingerprint density at radius 1 is 1.09 bits per heavy atom. The minimum atomic E-state index is -1.06. The fraction of sp³-hybridized carbons (Fsp3) is 0.591. The van der Waals surface area contributed by atoms with Gasteiger partial charge < -0.3 is 14.2 Å². The number of imide groups is 1. The van der Waals surface area contributed by atoms with Crippen LogP contribution in [0.3, 0.4) is 0 Å². The van der Waals surface area contributed by atoms with Gasteiger partial charge in [-0.3, -0.25) is 4.79 Å². The van der Waals surface area contributed by atoms with Crippen LogP contribution in [0.25, 0.3) is 0 Å². The van der Waals surface area contributed by atoms with Crippen LogP contribution >= 0.6 is 11.3 Å². The summed E-state index contributed by atoms with van der Waals surface area (Å²) in [6.45, 7) is 11.4. The van der Waals surface area contributed by atoms with Gasteiger partial charge >= 0.3 is 18.2 Å². The van der Waals surface area contributed by atoms with Gasteiger partial charge in [-0.2, -0.15) is 10.2 Å². The Bertz CT molecular complexity index is 948. The van der Waals surface area contributed by atoms with Gasteiger partial charge in [0.15, 0.2) is 5.78 Å². The first-order valence-electron chi connectivity index (χ1n) is 10.2. The highest BCUT2D eigenvalue weighted by Crippen LogP contribution is 2.42. The van der Waals surface area contributed by atoms with Gasteiger partial charge in [0.05, 0.1) is 23.1 Å². The lowest BCUT2D eigenvalue weighted by molar-refractivity contribution is 0.0431. The van der Waals surface area contributed by atoms with Crippen LogP contribution < -0.4 is 4.90 Å². The van der Waals surface area contributed by atoms with Gasteiger partial charge in [0, 0.05) is 0 Å². The summed E-state index contributed by atoms with van der Waals surface area (Å²) in [7, 11) is 0. The molecular weight excluding hydrogens is 436 g/mol. The molecule has 0 aliphatic heterocycles. The standard InChI is InChI=1S/C22H28N2O7S/c1-8-29-18(26)14-13-10-9-12(11-23)15(25)16(13)32-17(14)24(19(27)30-21(2,3)4)20(28)31-22(5,6)7/h12H,8-10H2,1-7H3. The fourth-order valence-electron chi connectivity index (χ4n) is 3.02. The van der Waals surface area contributed by atoms with Crippen LogP contribution in [0.5, 0.6) is 0 Å². The Morgan fingerprint density at radius 2 is 1.62 bits per heavy atom. The summed E-state index contributed by atoms with van der Waals surface area (Å²) in [5.41, 5.74) is -1.59. The summed E-state index contributed by atoms with van der Waals surface area (Å²) in [6, 6.07) is 1.96. The zero-order valence-electron chi connectivity index (χ0n) is 19.4. The molecule has 1 heterocycles. The molecule has 32 heavy (non-hydrogen) atoms. The van der Waals surface area contributed by atoms with E-state index in [1.54, 1.807) is 48.5 Å². The third-order valence-electron chi connectivity index (χ3n) is 4.20. The smallest absolute Gasteiger partial charge is 0.425 e. The zero-order valence-corrected chi connectivity index (χ0v) is 20.2. The molecule has 0 spiro atoms. The average Bonchev–Trinajstić information content (AvgIpc) is 2.99. The minimum Gasteiger partial charge on any atom is -0.462 e. The van der Waals surface area contributed by atoms with Crippen molar-refractivity contribution in [3.05, 3.63) is 16.0 Å². The number of hydrogen-bond acceptors (Lipinski definition) is 9. The molecule has 1 unspecified atom stereocenters.